The molecule has 4 rings (SSSR count). The molecule has 0 saturated carbocycles. The number of fused-ring (bicyclic) bond motifs is 1. The molecular weight excluding hydrogens is 513 g/mol. The molecule has 178 valence electrons. The summed E-state index contributed by atoms with van der Waals surface area (Å²) in [6, 6.07) is 15.2. The Balaban J connectivity index is 1.69. The summed E-state index contributed by atoms with van der Waals surface area (Å²) in [7, 11) is 1.55. The summed E-state index contributed by atoms with van der Waals surface area (Å²) in [5, 5.41) is 4.88. The van der Waals surface area contributed by atoms with Crippen LogP contribution in [0.1, 0.15) is 22.5 Å². The van der Waals surface area contributed by atoms with Crippen molar-refractivity contribution in [3.8, 4) is 11.5 Å². The number of methoxy groups -OCH3 is 1. The van der Waals surface area contributed by atoms with E-state index in [-0.39, 0.29) is 18.0 Å². The molecule has 4 aromatic rings. The fourth-order valence-electron chi connectivity index (χ4n) is 3.64. The zero-order valence-corrected chi connectivity index (χ0v) is 20.9. The maximum absolute atomic E-state index is 13.2. The predicted octanol–water partition coefficient (Wildman–Crippen LogP) is 5.80. The van der Waals surface area contributed by atoms with Gasteiger partial charge in [0.2, 0.25) is 0 Å². The van der Waals surface area contributed by atoms with Gasteiger partial charge in [-0.25, -0.2) is 9.37 Å². The Morgan fingerprint density at radius 2 is 1.94 bits per heavy atom. The number of allylic oxidation sites excluding steroid dienone is 1. The van der Waals surface area contributed by atoms with E-state index in [0.29, 0.717) is 40.2 Å². The minimum atomic E-state index is -0.300. The summed E-state index contributed by atoms with van der Waals surface area (Å²) in [6.45, 7) is 5.82. The number of rotatable bonds is 8. The number of hydrogen-bond acceptors (Lipinski definition) is 5. The molecule has 1 aromatic heterocycles. The Morgan fingerprint density at radius 3 is 2.66 bits per heavy atom. The Kier molecular flexibility index (Phi) is 7.41. The van der Waals surface area contributed by atoms with Crippen molar-refractivity contribution in [1.29, 1.82) is 0 Å². The normalized spacial score (nSPS) is 11.2. The van der Waals surface area contributed by atoms with E-state index in [1.807, 2.05) is 12.1 Å². The summed E-state index contributed by atoms with van der Waals surface area (Å²) in [4.78, 5) is 17.5. The van der Waals surface area contributed by atoms with E-state index in [2.05, 4.69) is 32.6 Å². The average molecular weight is 536 g/mol. The predicted molar refractivity (Wildman–Crippen MR) is 139 cm³/mol. The summed E-state index contributed by atoms with van der Waals surface area (Å²) in [5.41, 5.74) is 2.73. The van der Waals surface area contributed by atoms with Crippen LogP contribution in [0.2, 0.25) is 0 Å². The van der Waals surface area contributed by atoms with Crippen molar-refractivity contribution in [3.63, 3.8) is 0 Å². The highest BCUT2D eigenvalue weighted by Gasteiger charge is 2.13. The van der Waals surface area contributed by atoms with E-state index in [9.17, 15) is 9.18 Å². The van der Waals surface area contributed by atoms with Gasteiger partial charge in [0.15, 0.2) is 11.5 Å². The lowest BCUT2D eigenvalue weighted by atomic mass is 10.1. The molecule has 35 heavy (non-hydrogen) atoms. The highest BCUT2D eigenvalue weighted by atomic mass is 79.9. The van der Waals surface area contributed by atoms with Gasteiger partial charge in [-0.1, -0.05) is 34.1 Å². The SMILES string of the molecule is C=CCc1cc(C=Nn2c(C)nc3ccc(Br)cc3c2=O)cc(OC)c1OCc1ccc(F)cc1. The van der Waals surface area contributed by atoms with Gasteiger partial charge in [0.1, 0.15) is 18.2 Å². The minimum Gasteiger partial charge on any atom is -0.493 e. The van der Waals surface area contributed by atoms with Gasteiger partial charge in [-0.2, -0.15) is 9.78 Å². The molecule has 0 unspecified atom stereocenters. The molecule has 0 spiro atoms. The zero-order chi connectivity index (χ0) is 24.9. The third-order valence-corrected chi connectivity index (χ3v) is 5.82. The molecule has 0 fully saturated rings. The van der Waals surface area contributed by atoms with Gasteiger partial charge in [0, 0.05) is 10.0 Å². The average Bonchev–Trinajstić information content (AvgIpc) is 2.84. The molecule has 0 aliphatic heterocycles. The van der Waals surface area contributed by atoms with Crippen molar-refractivity contribution in [2.45, 2.75) is 20.0 Å². The topological polar surface area (TPSA) is 65.7 Å². The van der Waals surface area contributed by atoms with Crippen LogP contribution < -0.4 is 15.0 Å². The number of benzene rings is 3. The number of nitrogens with zero attached hydrogens (tertiary/aromatic N) is 3. The highest BCUT2D eigenvalue weighted by Crippen LogP contribution is 2.34. The number of hydrogen-bond donors (Lipinski definition) is 0. The molecule has 0 atom stereocenters. The maximum atomic E-state index is 13.2. The molecule has 0 aliphatic rings. The Bertz CT molecular complexity index is 1480. The second kappa shape index (κ2) is 10.7. The van der Waals surface area contributed by atoms with E-state index < -0.39 is 0 Å². The van der Waals surface area contributed by atoms with Crippen molar-refractivity contribution in [2.24, 2.45) is 5.10 Å². The van der Waals surface area contributed by atoms with Crippen molar-refractivity contribution < 1.29 is 13.9 Å². The Morgan fingerprint density at radius 1 is 1.17 bits per heavy atom. The molecule has 0 saturated heterocycles. The van der Waals surface area contributed by atoms with Crippen molar-refractivity contribution in [3.05, 3.63) is 110 Å². The van der Waals surface area contributed by atoms with Gasteiger partial charge in [0.25, 0.3) is 5.56 Å². The lowest BCUT2D eigenvalue weighted by molar-refractivity contribution is 0.282. The standard InChI is InChI=1S/C27H23BrFN3O3/c1-4-5-20-12-19(13-25(34-3)26(20)35-16-18-6-9-22(29)10-7-18)15-30-32-17(2)31-24-11-8-21(28)14-23(24)27(32)33/h4,6-15H,1,5,16H2,2-3H3. The monoisotopic (exact) mass is 535 g/mol. The largest absolute Gasteiger partial charge is 0.493 e. The molecule has 0 aliphatic carbocycles. The molecule has 0 bridgehead atoms. The van der Waals surface area contributed by atoms with Crippen LogP contribution >= 0.6 is 15.9 Å². The lowest BCUT2D eigenvalue weighted by Gasteiger charge is -2.16. The van der Waals surface area contributed by atoms with Gasteiger partial charge in [-0.3, -0.25) is 4.79 Å². The van der Waals surface area contributed by atoms with Crippen LogP contribution in [0.5, 0.6) is 11.5 Å². The first-order chi connectivity index (χ1) is 16.9. The van der Waals surface area contributed by atoms with Crippen LogP contribution in [0, 0.1) is 12.7 Å². The first kappa shape index (κ1) is 24.3. The van der Waals surface area contributed by atoms with Crippen molar-refractivity contribution in [1.82, 2.24) is 9.66 Å². The van der Waals surface area contributed by atoms with E-state index in [1.165, 1.54) is 16.8 Å². The second-order valence-corrected chi connectivity index (χ2v) is 8.72. The number of aryl methyl sites for hydroxylation is 1. The van der Waals surface area contributed by atoms with Gasteiger partial charge in [-0.15, -0.1) is 6.58 Å². The molecule has 3 aromatic carbocycles. The van der Waals surface area contributed by atoms with E-state index >= 15 is 0 Å². The molecule has 0 amide bonds. The maximum Gasteiger partial charge on any atom is 0.282 e. The third-order valence-electron chi connectivity index (χ3n) is 5.33. The number of halogens is 2. The molecule has 0 N–H and O–H groups in total. The summed E-state index contributed by atoms with van der Waals surface area (Å²) >= 11 is 3.40. The van der Waals surface area contributed by atoms with E-state index in [4.69, 9.17) is 9.47 Å². The summed E-state index contributed by atoms with van der Waals surface area (Å²) in [5.74, 6) is 1.25. The first-order valence-corrected chi connectivity index (χ1v) is 11.6. The van der Waals surface area contributed by atoms with Crippen LogP contribution in [0.4, 0.5) is 4.39 Å². The molecular formula is C27H23BrFN3O3. The number of aromatic nitrogens is 2. The lowest BCUT2D eigenvalue weighted by Crippen LogP contribution is -2.20. The van der Waals surface area contributed by atoms with Gasteiger partial charge < -0.3 is 9.47 Å². The Hall–Kier alpha value is -3.78. The van der Waals surface area contributed by atoms with Crippen molar-refractivity contribution >= 4 is 33.0 Å². The fraction of sp³-hybridized carbons (Fsp3) is 0.148. The van der Waals surface area contributed by atoms with Crippen LogP contribution in [0.25, 0.3) is 10.9 Å². The zero-order valence-electron chi connectivity index (χ0n) is 19.3. The second-order valence-electron chi connectivity index (χ2n) is 7.80. The van der Waals surface area contributed by atoms with Crippen LogP contribution in [-0.2, 0) is 13.0 Å². The van der Waals surface area contributed by atoms with Crippen LogP contribution in [0.15, 0.2) is 81.6 Å². The molecule has 6 nitrogen and oxygen atoms in total. The molecule has 8 heteroatoms. The fourth-order valence-corrected chi connectivity index (χ4v) is 4.00. The van der Waals surface area contributed by atoms with Crippen LogP contribution in [-0.4, -0.2) is 23.0 Å². The summed E-state index contributed by atoms with van der Waals surface area (Å²) < 4.78 is 26.9. The molecule has 1 heterocycles. The van der Waals surface area contributed by atoms with Gasteiger partial charge >= 0.3 is 0 Å². The smallest absolute Gasteiger partial charge is 0.282 e. The van der Waals surface area contributed by atoms with Crippen molar-refractivity contribution in [2.75, 3.05) is 7.11 Å². The van der Waals surface area contributed by atoms with Gasteiger partial charge in [-0.05, 0) is 66.9 Å². The quantitative estimate of drug-likeness (QED) is 0.211. The molecule has 0 radical (unpaired) electrons. The van der Waals surface area contributed by atoms with Crippen LogP contribution in [0.3, 0.4) is 0 Å². The highest BCUT2D eigenvalue weighted by molar-refractivity contribution is 9.10. The summed E-state index contributed by atoms with van der Waals surface area (Å²) in [6.07, 6.45) is 3.88. The number of ether oxygens (including phenoxy) is 2. The van der Waals surface area contributed by atoms with E-state index in [0.717, 1.165) is 15.6 Å². The Labute approximate surface area is 210 Å². The van der Waals surface area contributed by atoms with Gasteiger partial charge in [0.05, 0.1) is 24.2 Å². The first-order valence-electron chi connectivity index (χ1n) is 10.8. The van der Waals surface area contributed by atoms with E-state index in [1.54, 1.807) is 56.7 Å². The third kappa shape index (κ3) is 5.49. The minimum absolute atomic E-state index is 0.251.